The molecule has 0 aromatic carbocycles. The summed E-state index contributed by atoms with van der Waals surface area (Å²) >= 11 is 0. The zero-order valence-electron chi connectivity index (χ0n) is 17.5. The Balaban J connectivity index is 0.00000320. The third kappa shape index (κ3) is 6.61. The van der Waals surface area contributed by atoms with Crippen molar-refractivity contribution in [2.45, 2.75) is 33.4 Å². The van der Waals surface area contributed by atoms with Crippen LogP contribution < -0.4 is 5.32 Å². The Morgan fingerprint density at radius 2 is 2.03 bits per heavy atom. The number of halogens is 1. The van der Waals surface area contributed by atoms with E-state index >= 15 is 0 Å². The Hall–Kier alpha value is -2.31. The SMILES string of the molecule is CCOC(=O)N1CCN(C(=NCc2ccco2)NCCn2cnnc2CC)CC1.I. The Morgan fingerprint density at radius 1 is 1.27 bits per heavy atom. The molecule has 0 bridgehead atoms. The van der Waals surface area contributed by atoms with Gasteiger partial charge in [-0.25, -0.2) is 9.79 Å². The topological polar surface area (TPSA) is 101 Å². The molecule has 2 aromatic heterocycles. The van der Waals surface area contributed by atoms with Crippen LogP contribution in [0.3, 0.4) is 0 Å². The average Bonchev–Trinajstić information content (AvgIpc) is 3.42. The van der Waals surface area contributed by atoms with E-state index in [9.17, 15) is 4.79 Å². The number of carbonyl (C=O) groups is 1. The van der Waals surface area contributed by atoms with Crippen LogP contribution in [-0.2, 0) is 24.2 Å². The van der Waals surface area contributed by atoms with Crippen LogP contribution in [0.25, 0.3) is 0 Å². The molecule has 166 valence electrons. The second-order valence-corrected chi connectivity index (χ2v) is 6.61. The van der Waals surface area contributed by atoms with Crippen molar-refractivity contribution in [2.75, 3.05) is 39.3 Å². The van der Waals surface area contributed by atoms with Crippen LogP contribution in [0.5, 0.6) is 0 Å². The number of aromatic nitrogens is 3. The molecule has 1 N–H and O–H groups in total. The predicted molar refractivity (Wildman–Crippen MR) is 123 cm³/mol. The number of aliphatic imine (C=N–C) groups is 1. The highest BCUT2D eigenvalue weighted by Gasteiger charge is 2.23. The number of aryl methyl sites for hydroxylation is 1. The fourth-order valence-electron chi connectivity index (χ4n) is 3.17. The zero-order chi connectivity index (χ0) is 20.5. The maximum absolute atomic E-state index is 11.9. The molecule has 0 aliphatic carbocycles. The number of furan rings is 1. The van der Waals surface area contributed by atoms with Gasteiger partial charge in [-0.2, -0.15) is 0 Å². The minimum absolute atomic E-state index is 0. The summed E-state index contributed by atoms with van der Waals surface area (Å²) in [5, 5.41) is 11.5. The molecule has 1 fully saturated rings. The summed E-state index contributed by atoms with van der Waals surface area (Å²) in [6, 6.07) is 3.76. The first-order chi connectivity index (χ1) is 14.2. The molecule has 0 spiro atoms. The van der Waals surface area contributed by atoms with Crippen LogP contribution in [0.2, 0.25) is 0 Å². The van der Waals surface area contributed by atoms with E-state index in [1.807, 2.05) is 23.6 Å². The number of ether oxygens (including phenoxy) is 1. The molecule has 1 amide bonds. The summed E-state index contributed by atoms with van der Waals surface area (Å²) in [6.45, 7) is 8.76. The zero-order valence-corrected chi connectivity index (χ0v) is 19.8. The van der Waals surface area contributed by atoms with Gasteiger partial charge in [-0.05, 0) is 19.1 Å². The van der Waals surface area contributed by atoms with Gasteiger partial charge >= 0.3 is 6.09 Å². The van der Waals surface area contributed by atoms with Crippen LogP contribution in [0.1, 0.15) is 25.4 Å². The van der Waals surface area contributed by atoms with Crippen molar-refractivity contribution < 1.29 is 13.9 Å². The normalized spacial score (nSPS) is 14.4. The lowest BCUT2D eigenvalue weighted by molar-refractivity contribution is 0.0914. The van der Waals surface area contributed by atoms with Crippen LogP contribution in [0, 0.1) is 0 Å². The molecule has 30 heavy (non-hydrogen) atoms. The molecule has 3 rings (SSSR count). The molecule has 0 atom stereocenters. The molecule has 0 unspecified atom stereocenters. The predicted octanol–water partition coefficient (Wildman–Crippen LogP) is 1.97. The first-order valence-electron chi connectivity index (χ1n) is 10.0. The lowest BCUT2D eigenvalue weighted by atomic mass is 10.3. The highest BCUT2D eigenvalue weighted by Crippen LogP contribution is 2.07. The minimum atomic E-state index is -0.256. The van der Waals surface area contributed by atoms with Gasteiger partial charge in [-0.15, -0.1) is 34.2 Å². The minimum Gasteiger partial charge on any atom is -0.467 e. The molecular formula is C19H30IN7O3. The molecule has 0 radical (unpaired) electrons. The van der Waals surface area contributed by atoms with Crippen LogP contribution in [-0.4, -0.2) is 75.9 Å². The second kappa shape index (κ2) is 12.4. The second-order valence-electron chi connectivity index (χ2n) is 6.61. The van der Waals surface area contributed by atoms with Crippen LogP contribution >= 0.6 is 24.0 Å². The van der Waals surface area contributed by atoms with E-state index in [-0.39, 0.29) is 30.1 Å². The summed E-state index contributed by atoms with van der Waals surface area (Å²) in [7, 11) is 0. The van der Waals surface area contributed by atoms with Crippen molar-refractivity contribution >= 4 is 36.0 Å². The van der Waals surface area contributed by atoms with Crippen molar-refractivity contribution in [3.8, 4) is 0 Å². The number of nitrogens with zero attached hydrogens (tertiary/aromatic N) is 6. The summed E-state index contributed by atoms with van der Waals surface area (Å²) in [5.41, 5.74) is 0. The van der Waals surface area contributed by atoms with Gasteiger partial charge in [0.25, 0.3) is 0 Å². The fraction of sp³-hybridized carbons (Fsp3) is 0.579. The lowest BCUT2D eigenvalue weighted by Crippen LogP contribution is -2.54. The number of piperazine rings is 1. The Bertz CT molecular complexity index is 786. The quantitative estimate of drug-likeness (QED) is 0.331. The summed E-state index contributed by atoms with van der Waals surface area (Å²) < 4.78 is 12.5. The van der Waals surface area contributed by atoms with Gasteiger partial charge in [0.1, 0.15) is 24.5 Å². The van der Waals surface area contributed by atoms with Gasteiger partial charge in [0.2, 0.25) is 0 Å². The molecule has 0 saturated carbocycles. The van der Waals surface area contributed by atoms with Gasteiger partial charge < -0.3 is 28.8 Å². The Morgan fingerprint density at radius 3 is 2.70 bits per heavy atom. The fourth-order valence-corrected chi connectivity index (χ4v) is 3.17. The molecular weight excluding hydrogens is 501 g/mol. The Kier molecular flexibility index (Phi) is 9.91. The molecule has 11 heteroatoms. The van der Waals surface area contributed by atoms with Gasteiger partial charge in [-0.1, -0.05) is 6.92 Å². The van der Waals surface area contributed by atoms with Crippen LogP contribution in [0.4, 0.5) is 4.79 Å². The molecule has 2 aromatic rings. The standard InChI is InChI=1S/C19H29N7O3.HI/c1-3-17-23-22-15-26(17)8-7-20-18(21-14-16-6-5-13-29-16)24-9-11-25(12-10-24)19(27)28-4-2;/h5-6,13,15H,3-4,7-12,14H2,1-2H3,(H,20,21);1H. The van der Waals surface area contributed by atoms with E-state index in [1.165, 1.54) is 0 Å². The van der Waals surface area contributed by atoms with Crippen LogP contribution in [0.15, 0.2) is 34.1 Å². The van der Waals surface area contributed by atoms with Crippen molar-refractivity contribution in [2.24, 2.45) is 4.99 Å². The number of amides is 1. The summed E-state index contributed by atoms with van der Waals surface area (Å²) in [6.07, 6.45) is 3.98. The van der Waals surface area contributed by atoms with Crippen molar-refractivity contribution in [1.29, 1.82) is 0 Å². The van der Waals surface area contributed by atoms with Crippen molar-refractivity contribution in [3.63, 3.8) is 0 Å². The largest absolute Gasteiger partial charge is 0.467 e. The molecule has 1 aliphatic rings. The van der Waals surface area contributed by atoms with E-state index in [0.29, 0.717) is 45.9 Å². The van der Waals surface area contributed by atoms with Gasteiger partial charge in [-0.3, -0.25) is 0 Å². The van der Waals surface area contributed by atoms with E-state index in [4.69, 9.17) is 14.1 Å². The summed E-state index contributed by atoms with van der Waals surface area (Å²) in [4.78, 5) is 20.5. The molecule has 1 aliphatic heterocycles. The monoisotopic (exact) mass is 531 g/mol. The number of hydrogen-bond acceptors (Lipinski definition) is 6. The Labute approximate surface area is 193 Å². The third-order valence-corrected chi connectivity index (χ3v) is 4.72. The first-order valence-corrected chi connectivity index (χ1v) is 10.0. The van der Waals surface area contributed by atoms with Gasteiger partial charge in [0, 0.05) is 45.7 Å². The van der Waals surface area contributed by atoms with Crippen molar-refractivity contribution in [3.05, 3.63) is 36.3 Å². The number of hydrogen-bond donors (Lipinski definition) is 1. The number of carbonyl (C=O) groups excluding carboxylic acids is 1. The summed E-state index contributed by atoms with van der Waals surface area (Å²) in [5.74, 6) is 2.57. The van der Waals surface area contributed by atoms with E-state index in [1.54, 1.807) is 17.5 Å². The number of rotatable bonds is 7. The maximum Gasteiger partial charge on any atom is 0.409 e. The van der Waals surface area contributed by atoms with Gasteiger partial charge in [0.05, 0.1) is 12.9 Å². The highest BCUT2D eigenvalue weighted by atomic mass is 127. The van der Waals surface area contributed by atoms with Crippen molar-refractivity contribution in [1.82, 2.24) is 29.9 Å². The average molecular weight is 531 g/mol. The molecule has 10 nitrogen and oxygen atoms in total. The first kappa shape index (κ1) is 24.0. The number of guanidine groups is 1. The van der Waals surface area contributed by atoms with E-state index < -0.39 is 0 Å². The molecule has 1 saturated heterocycles. The van der Waals surface area contributed by atoms with E-state index in [2.05, 4.69) is 27.3 Å². The third-order valence-electron chi connectivity index (χ3n) is 4.72. The maximum atomic E-state index is 11.9. The van der Waals surface area contributed by atoms with E-state index in [0.717, 1.165) is 30.5 Å². The molecule has 3 heterocycles. The lowest BCUT2D eigenvalue weighted by Gasteiger charge is -2.36. The highest BCUT2D eigenvalue weighted by molar-refractivity contribution is 14.0. The van der Waals surface area contributed by atoms with Gasteiger partial charge in [0.15, 0.2) is 5.96 Å². The number of nitrogens with one attached hydrogen (secondary N) is 1. The smallest absolute Gasteiger partial charge is 0.409 e.